The van der Waals surface area contributed by atoms with Crippen LogP contribution in [0.1, 0.15) is 24.2 Å². The first kappa shape index (κ1) is 11.4. The van der Waals surface area contributed by atoms with Crippen LogP contribution in [0.4, 0.5) is 11.4 Å². The van der Waals surface area contributed by atoms with Crippen LogP contribution in [0, 0.1) is 5.92 Å². The number of hydrogen-bond donors (Lipinski definition) is 3. The van der Waals surface area contributed by atoms with Crippen molar-refractivity contribution in [2.45, 2.75) is 19.9 Å². The molecule has 90 valence electrons. The number of hydrogen-bond acceptors (Lipinski definition) is 3. The lowest BCUT2D eigenvalue weighted by Gasteiger charge is -2.16. The Hall–Kier alpha value is -2.04. The summed E-state index contributed by atoms with van der Waals surface area (Å²) >= 11 is 0. The van der Waals surface area contributed by atoms with Crippen LogP contribution >= 0.6 is 0 Å². The molecule has 1 amide bonds. The molecule has 1 aliphatic heterocycles. The van der Waals surface area contributed by atoms with E-state index in [9.17, 15) is 9.59 Å². The molecule has 0 saturated carbocycles. The fourth-order valence-electron chi connectivity index (χ4n) is 1.75. The molecule has 0 aromatic heterocycles. The van der Waals surface area contributed by atoms with Gasteiger partial charge in [0.25, 0.3) is 0 Å². The summed E-state index contributed by atoms with van der Waals surface area (Å²) in [7, 11) is 0. The summed E-state index contributed by atoms with van der Waals surface area (Å²) in [6.07, 6.45) is 0. The number of benzene rings is 1. The van der Waals surface area contributed by atoms with Crippen LogP contribution in [0.2, 0.25) is 0 Å². The van der Waals surface area contributed by atoms with Gasteiger partial charge in [-0.1, -0.05) is 6.92 Å². The zero-order valence-electron chi connectivity index (χ0n) is 9.65. The highest BCUT2D eigenvalue weighted by molar-refractivity contribution is 6.00. The Morgan fingerprint density at radius 3 is 2.65 bits per heavy atom. The standard InChI is InChI=1S/C12H14N2O3/c1-6-7(2)13-9-4-3-8(12(16)17)5-10(9)14-11(6)15/h3-7,13H,1-2H3,(H,14,15)(H,16,17)/t6-,7+/m0/s1. The minimum absolute atomic E-state index is 0.00641. The van der Waals surface area contributed by atoms with Gasteiger partial charge in [0, 0.05) is 6.04 Å². The maximum Gasteiger partial charge on any atom is 0.335 e. The lowest BCUT2D eigenvalue weighted by Crippen LogP contribution is -2.30. The first-order valence-electron chi connectivity index (χ1n) is 5.44. The quantitative estimate of drug-likeness (QED) is 0.692. The summed E-state index contributed by atoms with van der Waals surface area (Å²) in [5.74, 6) is -1.28. The van der Waals surface area contributed by atoms with E-state index in [1.165, 1.54) is 12.1 Å². The number of amides is 1. The molecule has 1 aromatic carbocycles. The highest BCUT2D eigenvalue weighted by Crippen LogP contribution is 2.28. The summed E-state index contributed by atoms with van der Waals surface area (Å²) in [6, 6.07) is 4.66. The van der Waals surface area contributed by atoms with Gasteiger partial charge in [0.1, 0.15) is 0 Å². The molecule has 2 rings (SSSR count). The largest absolute Gasteiger partial charge is 0.478 e. The molecular formula is C12H14N2O3. The van der Waals surface area contributed by atoms with Crippen LogP contribution in [-0.4, -0.2) is 23.0 Å². The van der Waals surface area contributed by atoms with Crippen molar-refractivity contribution in [1.82, 2.24) is 0 Å². The van der Waals surface area contributed by atoms with E-state index in [4.69, 9.17) is 5.11 Å². The fraction of sp³-hybridized carbons (Fsp3) is 0.333. The van der Waals surface area contributed by atoms with Crippen LogP contribution in [0.15, 0.2) is 18.2 Å². The van der Waals surface area contributed by atoms with Crippen LogP contribution in [0.25, 0.3) is 0 Å². The normalized spacial score (nSPS) is 23.1. The number of anilines is 2. The first-order valence-corrected chi connectivity index (χ1v) is 5.44. The van der Waals surface area contributed by atoms with Gasteiger partial charge in [-0.05, 0) is 25.1 Å². The molecule has 1 aromatic rings. The van der Waals surface area contributed by atoms with Crippen molar-refractivity contribution in [3.8, 4) is 0 Å². The minimum Gasteiger partial charge on any atom is -0.478 e. The second-order valence-corrected chi connectivity index (χ2v) is 4.28. The van der Waals surface area contributed by atoms with Crippen LogP contribution in [-0.2, 0) is 4.79 Å². The zero-order valence-corrected chi connectivity index (χ0v) is 9.65. The predicted octanol–water partition coefficient (Wildman–Crippen LogP) is 1.77. The van der Waals surface area contributed by atoms with E-state index < -0.39 is 5.97 Å². The second kappa shape index (κ2) is 4.08. The molecule has 17 heavy (non-hydrogen) atoms. The van der Waals surface area contributed by atoms with E-state index in [1.807, 2.05) is 13.8 Å². The molecule has 0 aliphatic carbocycles. The van der Waals surface area contributed by atoms with Crippen molar-refractivity contribution >= 4 is 23.3 Å². The smallest absolute Gasteiger partial charge is 0.335 e. The minimum atomic E-state index is -1.01. The topological polar surface area (TPSA) is 78.4 Å². The SMILES string of the molecule is C[C@@H]1C(=O)Nc2cc(C(=O)O)ccc2N[C@@H]1C. The molecule has 2 atom stereocenters. The third-order valence-corrected chi connectivity index (χ3v) is 3.07. The van der Waals surface area contributed by atoms with Gasteiger partial charge >= 0.3 is 5.97 Å². The van der Waals surface area contributed by atoms with E-state index >= 15 is 0 Å². The third kappa shape index (κ3) is 2.08. The average Bonchev–Trinajstić information content (AvgIpc) is 2.38. The highest BCUT2D eigenvalue weighted by atomic mass is 16.4. The van der Waals surface area contributed by atoms with Gasteiger partial charge in [0.05, 0.1) is 22.9 Å². The number of nitrogens with one attached hydrogen (secondary N) is 2. The Bertz CT molecular complexity index is 485. The Balaban J connectivity index is 2.43. The summed E-state index contributed by atoms with van der Waals surface area (Å²) in [6.45, 7) is 3.75. The van der Waals surface area contributed by atoms with Crippen molar-refractivity contribution in [3.63, 3.8) is 0 Å². The van der Waals surface area contributed by atoms with E-state index in [0.29, 0.717) is 5.69 Å². The molecule has 0 spiro atoms. The van der Waals surface area contributed by atoms with Gasteiger partial charge in [0.15, 0.2) is 0 Å². The van der Waals surface area contributed by atoms with E-state index in [0.717, 1.165) is 5.69 Å². The number of carboxylic acid groups (broad SMARTS) is 1. The maximum atomic E-state index is 11.8. The third-order valence-electron chi connectivity index (χ3n) is 3.07. The maximum absolute atomic E-state index is 11.8. The van der Waals surface area contributed by atoms with Gasteiger partial charge < -0.3 is 15.7 Å². The molecular weight excluding hydrogens is 220 g/mol. The van der Waals surface area contributed by atoms with E-state index in [1.54, 1.807) is 6.07 Å². The monoisotopic (exact) mass is 234 g/mol. The fourth-order valence-corrected chi connectivity index (χ4v) is 1.75. The zero-order chi connectivity index (χ0) is 12.6. The molecule has 1 heterocycles. The highest BCUT2D eigenvalue weighted by Gasteiger charge is 2.25. The molecule has 0 fully saturated rings. The van der Waals surface area contributed by atoms with Gasteiger partial charge in [-0.25, -0.2) is 4.79 Å². The van der Waals surface area contributed by atoms with Gasteiger partial charge in [-0.3, -0.25) is 4.79 Å². The molecule has 3 N–H and O–H groups in total. The molecule has 5 heteroatoms. The molecule has 5 nitrogen and oxygen atoms in total. The van der Waals surface area contributed by atoms with E-state index in [-0.39, 0.29) is 23.4 Å². The lowest BCUT2D eigenvalue weighted by molar-refractivity contribution is -0.119. The summed E-state index contributed by atoms with van der Waals surface area (Å²) < 4.78 is 0. The van der Waals surface area contributed by atoms with Gasteiger partial charge in [-0.2, -0.15) is 0 Å². The lowest BCUT2D eigenvalue weighted by atomic mass is 10.0. The van der Waals surface area contributed by atoms with Crippen molar-refractivity contribution in [3.05, 3.63) is 23.8 Å². The molecule has 1 aliphatic rings. The Morgan fingerprint density at radius 1 is 1.29 bits per heavy atom. The number of rotatable bonds is 1. The number of fused-ring (bicyclic) bond motifs is 1. The molecule has 0 radical (unpaired) electrons. The number of carbonyl (C=O) groups excluding carboxylic acids is 1. The predicted molar refractivity (Wildman–Crippen MR) is 64.3 cm³/mol. The number of carboxylic acids is 1. The molecule has 0 bridgehead atoms. The first-order chi connectivity index (χ1) is 7.99. The Labute approximate surface area is 98.8 Å². The van der Waals surface area contributed by atoms with Crippen molar-refractivity contribution < 1.29 is 14.7 Å². The average molecular weight is 234 g/mol. The summed E-state index contributed by atoms with van der Waals surface area (Å²) in [5, 5.41) is 14.8. The summed E-state index contributed by atoms with van der Waals surface area (Å²) in [4.78, 5) is 22.6. The van der Waals surface area contributed by atoms with Crippen molar-refractivity contribution in [2.24, 2.45) is 5.92 Å². The molecule has 0 unspecified atom stereocenters. The van der Waals surface area contributed by atoms with E-state index in [2.05, 4.69) is 10.6 Å². The number of aromatic carboxylic acids is 1. The van der Waals surface area contributed by atoms with Crippen molar-refractivity contribution in [1.29, 1.82) is 0 Å². The van der Waals surface area contributed by atoms with Gasteiger partial charge in [0.2, 0.25) is 5.91 Å². The Morgan fingerprint density at radius 2 is 2.00 bits per heavy atom. The van der Waals surface area contributed by atoms with Crippen molar-refractivity contribution in [2.75, 3.05) is 10.6 Å². The number of carbonyl (C=O) groups is 2. The second-order valence-electron chi connectivity index (χ2n) is 4.28. The summed E-state index contributed by atoms with van der Waals surface area (Å²) in [5.41, 5.74) is 1.43. The molecule has 0 saturated heterocycles. The van der Waals surface area contributed by atoms with Crippen LogP contribution < -0.4 is 10.6 Å². The Kier molecular flexibility index (Phi) is 2.75. The van der Waals surface area contributed by atoms with Crippen LogP contribution in [0.3, 0.4) is 0 Å². The van der Waals surface area contributed by atoms with Gasteiger partial charge in [-0.15, -0.1) is 0 Å². The van der Waals surface area contributed by atoms with Crippen LogP contribution in [0.5, 0.6) is 0 Å².